The van der Waals surface area contributed by atoms with Gasteiger partial charge in [0, 0.05) is 47.8 Å². The minimum absolute atomic E-state index is 0.199. The van der Waals surface area contributed by atoms with Crippen LogP contribution in [0.25, 0.3) is 10.9 Å². The summed E-state index contributed by atoms with van der Waals surface area (Å²) in [4.78, 5) is 8.05. The monoisotopic (exact) mass is 565 g/mol. The van der Waals surface area contributed by atoms with E-state index >= 15 is 0 Å². The topological polar surface area (TPSA) is 50.0 Å². The van der Waals surface area contributed by atoms with Crippen molar-refractivity contribution < 1.29 is 18.6 Å². The first kappa shape index (κ1) is 26.1. The van der Waals surface area contributed by atoms with Crippen molar-refractivity contribution in [3.63, 3.8) is 0 Å². The second kappa shape index (κ2) is 11.5. The first-order valence-corrected chi connectivity index (χ1v) is 13.9. The maximum Gasteiger partial charge on any atom is 0.265 e. The van der Waals surface area contributed by atoms with Crippen molar-refractivity contribution in [3.8, 4) is 11.5 Å². The van der Waals surface area contributed by atoms with E-state index in [0.29, 0.717) is 29.1 Å². The first-order chi connectivity index (χ1) is 19.0. The summed E-state index contributed by atoms with van der Waals surface area (Å²) in [7, 11) is 0. The fourth-order valence-corrected chi connectivity index (χ4v) is 5.79. The molecule has 1 atom stereocenters. The van der Waals surface area contributed by atoms with Crippen LogP contribution in [-0.2, 0) is 11.2 Å². The second-order valence-electron chi connectivity index (χ2n) is 9.75. The molecule has 0 aliphatic carbocycles. The third-order valence-corrected chi connectivity index (χ3v) is 7.87. The fraction of sp³-hybridized carbons (Fsp3) is 0.300. The second-order valence-corrected chi connectivity index (χ2v) is 10.5. The third-order valence-electron chi connectivity index (χ3n) is 7.32. The highest BCUT2D eigenvalue weighted by Gasteiger charge is 2.34. The zero-order valence-corrected chi connectivity index (χ0v) is 22.9. The Balaban J connectivity index is 1.26. The summed E-state index contributed by atoms with van der Waals surface area (Å²) in [6.07, 6.45) is 0.780. The van der Waals surface area contributed by atoms with E-state index in [1.54, 1.807) is 12.1 Å². The van der Waals surface area contributed by atoms with Crippen LogP contribution in [0.2, 0.25) is 5.02 Å². The molecule has 0 saturated carbocycles. The van der Waals surface area contributed by atoms with E-state index in [-0.39, 0.29) is 11.9 Å². The van der Waals surface area contributed by atoms with Gasteiger partial charge in [0.25, 0.3) is 5.17 Å². The van der Waals surface area contributed by atoms with Crippen LogP contribution in [0.1, 0.15) is 22.9 Å². The normalized spacial score (nSPS) is 17.7. The summed E-state index contributed by atoms with van der Waals surface area (Å²) < 4.78 is 30.9. The van der Waals surface area contributed by atoms with Crippen molar-refractivity contribution in [2.75, 3.05) is 46.0 Å². The number of thiocarbonyl (C=S) groups is 1. The molecule has 1 saturated heterocycles. The summed E-state index contributed by atoms with van der Waals surface area (Å²) in [6, 6.07) is 19.8. The zero-order valence-electron chi connectivity index (χ0n) is 21.4. The summed E-state index contributed by atoms with van der Waals surface area (Å²) in [5, 5.41) is 2.16. The molecule has 6 rings (SSSR count). The zero-order chi connectivity index (χ0) is 26.8. The predicted octanol–water partition coefficient (Wildman–Crippen LogP) is 5.98. The van der Waals surface area contributed by atoms with Crippen molar-refractivity contribution in [2.24, 2.45) is 0 Å². The molecule has 6 nitrogen and oxygen atoms in total. The van der Waals surface area contributed by atoms with E-state index in [4.69, 9.17) is 38.0 Å². The van der Waals surface area contributed by atoms with Gasteiger partial charge in [-0.1, -0.05) is 23.7 Å². The van der Waals surface area contributed by atoms with Gasteiger partial charge < -0.3 is 24.1 Å². The molecule has 0 bridgehead atoms. The molecule has 39 heavy (non-hydrogen) atoms. The Morgan fingerprint density at radius 3 is 2.51 bits per heavy atom. The molecule has 1 N–H and O–H groups in total. The number of rotatable bonds is 6. The van der Waals surface area contributed by atoms with Gasteiger partial charge in [-0.2, -0.15) is 0 Å². The number of nitrogens with zero attached hydrogens (tertiary/aromatic N) is 2. The van der Waals surface area contributed by atoms with E-state index in [9.17, 15) is 4.39 Å². The summed E-state index contributed by atoms with van der Waals surface area (Å²) in [5.41, 5.74) is 4.37. The van der Waals surface area contributed by atoms with Crippen molar-refractivity contribution in [1.82, 2.24) is 14.8 Å². The Hall–Kier alpha value is -3.17. The van der Waals surface area contributed by atoms with E-state index in [1.165, 1.54) is 17.7 Å². The van der Waals surface area contributed by atoms with Gasteiger partial charge in [-0.05, 0) is 84.4 Å². The van der Waals surface area contributed by atoms with E-state index in [2.05, 4.69) is 26.9 Å². The number of fused-ring (bicyclic) bond motifs is 3. The minimum Gasteiger partial charge on any atom is -0.492 e. The largest absolute Gasteiger partial charge is 0.492 e. The highest BCUT2D eigenvalue weighted by molar-refractivity contribution is 7.80. The number of aromatic nitrogens is 1. The SMILES string of the molecule is Fc1ccc(OC(=S)N2CCc3c([nH]c4ccc(Cl)cc34)C2c2ccc(OCCN3CCOCC3)cc2)cc1. The smallest absolute Gasteiger partial charge is 0.265 e. The molecule has 2 aliphatic heterocycles. The van der Waals surface area contributed by atoms with Crippen LogP contribution in [0.3, 0.4) is 0 Å². The number of H-pyrrole nitrogens is 1. The third kappa shape index (κ3) is 5.75. The lowest BCUT2D eigenvalue weighted by atomic mass is 9.92. The molecule has 3 aromatic carbocycles. The Kier molecular flexibility index (Phi) is 7.70. The highest BCUT2D eigenvalue weighted by atomic mass is 35.5. The van der Waals surface area contributed by atoms with Crippen LogP contribution in [0.5, 0.6) is 11.5 Å². The quantitative estimate of drug-likeness (QED) is 0.290. The Labute approximate surface area is 237 Å². The van der Waals surface area contributed by atoms with Crippen molar-refractivity contribution in [2.45, 2.75) is 12.5 Å². The number of benzene rings is 3. The summed E-state index contributed by atoms with van der Waals surface area (Å²) >= 11 is 12.1. The van der Waals surface area contributed by atoms with Crippen molar-refractivity contribution in [3.05, 3.63) is 94.4 Å². The summed E-state index contributed by atoms with van der Waals surface area (Å²) in [5.74, 6) is 0.999. The lowest BCUT2D eigenvalue weighted by molar-refractivity contribution is 0.0322. The molecule has 202 valence electrons. The molecule has 9 heteroatoms. The average Bonchev–Trinajstić information content (AvgIpc) is 3.32. The molecule has 0 spiro atoms. The van der Waals surface area contributed by atoms with Crippen LogP contribution < -0.4 is 9.47 Å². The standard InChI is InChI=1S/C30H29ClFN3O3S/c31-21-3-10-27-26(19-21)25-11-12-35(30(39)38-24-8-4-22(32)5-9-24)29(28(25)33-27)20-1-6-23(7-2-20)37-18-15-34-13-16-36-17-14-34/h1-10,19,29,33H,11-18H2. The molecule has 1 aromatic heterocycles. The molecule has 3 heterocycles. The lowest BCUT2D eigenvalue weighted by Gasteiger charge is -2.37. The van der Waals surface area contributed by atoms with E-state index in [1.807, 2.05) is 30.3 Å². The average molecular weight is 566 g/mol. The Morgan fingerprint density at radius 2 is 1.74 bits per heavy atom. The number of morpholine rings is 1. The molecule has 4 aromatic rings. The van der Waals surface area contributed by atoms with Gasteiger partial charge in [0.1, 0.15) is 23.9 Å². The number of halogens is 2. The number of hydrogen-bond acceptors (Lipinski definition) is 5. The van der Waals surface area contributed by atoms with Crippen LogP contribution in [0, 0.1) is 5.82 Å². The first-order valence-electron chi connectivity index (χ1n) is 13.1. The number of hydrogen-bond donors (Lipinski definition) is 1. The van der Waals surface area contributed by atoms with Gasteiger partial charge in [-0.3, -0.25) is 4.90 Å². The highest BCUT2D eigenvalue weighted by Crippen LogP contribution is 2.40. The summed E-state index contributed by atoms with van der Waals surface area (Å²) in [6.45, 7) is 5.60. The van der Waals surface area contributed by atoms with Crippen molar-refractivity contribution in [1.29, 1.82) is 0 Å². The van der Waals surface area contributed by atoms with Gasteiger partial charge >= 0.3 is 0 Å². The molecular formula is C30H29ClFN3O3S. The number of aromatic amines is 1. The molecule has 1 unspecified atom stereocenters. The molecule has 0 amide bonds. The van der Waals surface area contributed by atoms with Gasteiger partial charge in [-0.25, -0.2) is 4.39 Å². The molecular weight excluding hydrogens is 537 g/mol. The van der Waals surface area contributed by atoms with Gasteiger partial charge in [0.2, 0.25) is 0 Å². The van der Waals surface area contributed by atoms with Crippen LogP contribution in [-0.4, -0.2) is 66.0 Å². The van der Waals surface area contributed by atoms with Crippen LogP contribution in [0.15, 0.2) is 66.7 Å². The maximum absolute atomic E-state index is 13.4. The van der Waals surface area contributed by atoms with E-state index in [0.717, 1.165) is 67.2 Å². The van der Waals surface area contributed by atoms with Crippen LogP contribution in [0.4, 0.5) is 4.39 Å². The molecule has 1 fully saturated rings. The lowest BCUT2D eigenvalue weighted by Crippen LogP contribution is -2.42. The minimum atomic E-state index is -0.322. The van der Waals surface area contributed by atoms with Crippen molar-refractivity contribution >= 4 is 39.9 Å². The molecule has 0 radical (unpaired) electrons. The maximum atomic E-state index is 13.4. The van der Waals surface area contributed by atoms with Gasteiger partial charge in [-0.15, -0.1) is 0 Å². The Morgan fingerprint density at radius 1 is 1.00 bits per heavy atom. The van der Waals surface area contributed by atoms with Crippen LogP contribution >= 0.6 is 23.8 Å². The van der Waals surface area contributed by atoms with Gasteiger partial charge in [0.15, 0.2) is 0 Å². The fourth-order valence-electron chi connectivity index (χ4n) is 5.33. The van der Waals surface area contributed by atoms with Gasteiger partial charge in [0.05, 0.1) is 19.3 Å². The Bertz CT molecular complexity index is 1460. The predicted molar refractivity (Wildman–Crippen MR) is 154 cm³/mol. The number of ether oxygens (including phenoxy) is 3. The molecule has 2 aliphatic rings. The van der Waals surface area contributed by atoms with E-state index < -0.39 is 0 Å². The number of nitrogens with one attached hydrogen (secondary N) is 1.